The molecule has 1 aromatic rings. The van der Waals surface area contributed by atoms with Crippen LogP contribution in [0.4, 0.5) is 0 Å². The van der Waals surface area contributed by atoms with Gasteiger partial charge in [0.2, 0.25) is 0 Å². The summed E-state index contributed by atoms with van der Waals surface area (Å²) in [6.07, 6.45) is 0. The largest absolute Gasteiger partial charge is 0.0999 e. The molecule has 1 heteroatoms. The van der Waals surface area contributed by atoms with Gasteiger partial charge in [-0.3, -0.25) is 0 Å². The zero-order valence-electron chi connectivity index (χ0n) is 11.0. The third-order valence-electron chi connectivity index (χ3n) is 3.33. The first-order valence-electron chi connectivity index (χ1n) is 6.25. The van der Waals surface area contributed by atoms with Crippen molar-refractivity contribution in [3.8, 4) is 0 Å². The second-order valence-electron chi connectivity index (χ2n) is 5.28. The van der Waals surface area contributed by atoms with E-state index in [0.717, 1.165) is 5.54 Å². The maximum Gasteiger partial charge on any atom is 0.0773 e. The lowest BCUT2D eigenvalue weighted by Crippen LogP contribution is -2.33. The van der Waals surface area contributed by atoms with Crippen LogP contribution in [0, 0.1) is 5.92 Å². The highest BCUT2D eigenvalue weighted by molar-refractivity contribution is 6.74. The summed E-state index contributed by atoms with van der Waals surface area (Å²) in [4.78, 5) is 0. The Morgan fingerprint density at radius 1 is 1.12 bits per heavy atom. The third kappa shape index (κ3) is 3.64. The number of rotatable bonds is 5. The summed E-state index contributed by atoms with van der Waals surface area (Å²) in [5.74, 6) is 0.623. The molecule has 1 atom stereocenters. The summed E-state index contributed by atoms with van der Waals surface area (Å²) in [5.41, 5.74) is 2.23. The lowest BCUT2D eigenvalue weighted by molar-refractivity contribution is 0.768. The fourth-order valence-corrected chi connectivity index (χ4v) is 5.19. The van der Waals surface area contributed by atoms with Gasteiger partial charge in [-0.1, -0.05) is 75.4 Å². The van der Waals surface area contributed by atoms with Crippen LogP contribution >= 0.6 is 0 Å². The van der Waals surface area contributed by atoms with E-state index in [1.54, 1.807) is 5.19 Å². The molecule has 0 N–H and O–H groups in total. The van der Waals surface area contributed by atoms with Gasteiger partial charge in [0.25, 0.3) is 0 Å². The highest BCUT2D eigenvalue weighted by Crippen LogP contribution is 2.20. The molecule has 0 amide bonds. The SMILES string of the molecule is C=C(C[Si@H](c1ccccc1)C(C)C)C(C)C. The molecule has 0 saturated carbocycles. The minimum Gasteiger partial charge on any atom is -0.0999 e. The molecule has 0 bridgehead atoms. The molecule has 16 heavy (non-hydrogen) atoms. The normalized spacial score (nSPS) is 13.1. The molecule has 0 saturated heterocycles. The van der Waals surface area contributed by atoms with Gasteiger partial charge in [-0.15, -0.1) is 0 Å². The first-order chi connectivity index (χ1) is 7.52. The van der Waals surface area contributed by atoms with E-state index in [2.05, 4.69) is 64.6 Å². The topological polar surface area (TPSA) is 0 Å². The van der Waals surface area contributed by atoms with Gasteiger partial charge in [0, 0.05) is 0 Å². The van der Waals surface area contributed by atoms with E-state index in [-0.39, 0.29) is 0 Å². The van der Waals surface area contributed by atoms with Crippen LogP contribution in [0.1, 0.15) is 27.7 Å². The summed E-state index contributed by atoms with van der Waals surface area (Å²) in [6.45, 7) is 13.5. The van der Waals surface area contributed by atoms with Crippen LogP contribution in [0.2, 0.25) is 11.6 Å². The Morgan fingerprint density at radius 3 is 2.12 bits per heavy atom. The molecule has 0 nitrogen and oxygen atoms in total. The van der Waals surface area contributed by atoms with Crippen LogP contribution in [0.5, 0.6) is 0 Å². The van der Waals surface area contributed by atoms with E-state index in [1.165, 1.54) is 11.6 Å². The standard InChI is InChI=1S/C15H24Si/c1-12(2)14(5)11-16(13(3)4)15-9-7-6-8-10-15/h6-10,12-13,16H,5,11H2,1-4H3/t16-/m0/s1. The summed E-state index contributed by atoms with van der Waals surface area (Å²) in [5, 5.41) is 1.58. The van der Waals surface area contributed by atoms with E-state index in [1.807, 2.05) is 0 Å². The van der Waals surface area contributed by atoms with E-state index in [4.69, 9.17) is 0 Å². The van der Waals surface area contributed by atoms with Crippen molar-refractivity contribution in [2.75, 3.05) is 0 Å². The van der Waals surface area contributed by atoms with E-state index < -0.39 is 8.80 Å². The van der Waals surface area contributed by atoms with Gasteiger partial charge in [0.05, 0.1) is 8.80 Å². The van der Waals surface area contributed by atoms with Crippen molar-refractivity contribution < 1.29 is 0 Å². The van der Waals surface area contributed by atoms with Crippen molar-refractivity contribution in [3.05, 3.63) is 42.5 Å². The number of hydrogen-bond donors (Lipinski definition) is 0. The minimum atomic E-state index is -0.879. The number of allylic oxidation sites excluding steroid dienone is 1. The van der Waals surface area contributed by atoms with E-state index >= 15 is 0 Å². The minimum absolute atomic E-state index is 0.623. The Bertz CT molecular complexity index is 325. The lowest BCUT2D eigenvalue weighted by atomic mass is 10.1. The highest BCUT2D eigenvalue weighted by Gasteiger charge is 2.19. The molecule has 0 spiro atoms. The molecule has 1 aromatic carbocycles. The number of benzene rings is 1. The maximum atomic E-state index is 4.24. The average Bonchev–Trinajstić information content (AvgIpc) is 2.26. The van der Waals surface area contributed by atoms with Crippen LogP contribution in [0.25, 0.3) is 0 Å². The molecule has 0 aliphatic rings. The molecule has 0 unspecified atom stereocenters. The predicted octanol–water partition coefficient (Wildman–Crippen LogP) is 3.74. The van der Waals surface area contributed by atoms with Crippen molar-refractivity contribution in [3.63, 3.8) is 0 Å². The molecular weight excluding hydrogens is 208 g/mol. The van der Waals surface area contributed by atoms with Gasteiger partial charge >= 0.3 is 0 Å². The fraction of sp³-hybridized carbons (Fsp3) is 0.467. The average molecular weight is 232 g/mol. The Labute approximate surface area is 102 Å². The van der Waals surface area contributed by atoms with Gasteiger partial charge < -0.3 is 0 Å². The third-order valence-corrected chi connectivity index (χ3v) is 7.15. The van der Waals surface area contributed by atoms with E-state index in [9.17, 15) is 0 Å². The first-order valence-corrected chi connectivity index (χ1v) is 8.31. The van der Waals surface area contributed by atoms with Crippen LogP contribution < -0.4 is 5.19 Å². The van der Waals surface area contributed by atoms with Gasteiger partial charge in [0.15, 0.2) is 0 Å². The van der Waals surface area contributed by atoms with Crippen LogP contribution in [0.3, 0.4) is 0 Å². The van der Waals surface area contributed by atoms with Gasteiger partial charge in [-0.25, -0.2) is 0 Å². The van der Waals surface area contributed by atoms with Crippen molar-refractivity contribution in [2.45, 2.75) is 39.3 Å². The molecule has 0 aromatic heterocycles. The van der Waals surface area contributed by atoms with Crippen LogP contribution in [0.15, 0.2) is 42.5 Å². The van der Waals surface area contributed by atoms with Gasteiger partial charge in [-0.05, 0) is 17.5 Å². The van der Waals surface area contributed by atoms with Crippen LogP contribution in [-0.2, 0) is 0 Å². The van der Waals surface area contributed by atoms with Crippen LogP contribution in [-0.4, -0.2) is 8.80 Å². The zero-order chi connectivity index (χ0) is 12.1. The van der Waals surface area contributed by atoms with Crippen molar-refractivity contribution >= 4 is 14.0 Å². The summed E-state index contributed by atoms with van der Waals surface area (Å²) in [7, 11) is -0.879. The Morgan fingerprint density at radius 2 is 1.69 bits per heavy atom. The Hall–Kier alpha value is -0.823. The number of hydrogen-bond acceptors (Lipinski definition) is 0. The van der Waals surface area contributed by atoms with Gasteiger partial charge in [-0.2, -0.15) is 0 Å². The predicted molar refractivity (Wildman–Crippen MR) is 77.1 cm³/mol. The smallest absolute Gasteiger partial charge is 0.0773 e. The molecule has 0 aliphatic heterocycles. The Kier molecular flexibility index (Phi) is 5.00. The second kappa shape index (κ2) is 6.05. The maximum absolute atomic E-state index is 4.24. The molecule has 0 aliphatic carbocycles. The van der Waals surface area contributed by atoms with Crippen molar-refractivity contribution in [2.24, 2.45) is 5.92 Å². The highest BCUT2D eigenvalue weighted by atomic mass is 28.3. The zero-order valence-corrected chi connectivity index (χ0v) is 12.2. The summed E-state index contributed by atoms with van der Waals surface area (Å²) >= 11 is 0. The molecule has 88 valence electrons. The lowest BCUT2D eigenvalue weighted by Gasteiger charge is -2.22. The van der Waals surface area contributed by atoms with Crippen molar-refractivity contribution in [1.29, 1.82) is 0 Å². The molecule has 0 heterocycles. The molecular formula is C15H24Si. The molecule has 0 radical (unpaired) electrons. The molecule has 0 fully saturated rings. The monoisotopic (exact) mass is 232 g/mol. The summed E-state index contributed by atoms with van der Waals surface area (Å²) in [6, 6.07) is 12.3. The fourth-order valence-electron chi connectivity index (χ4n) is 1.96. The quantitative estimate of drug-likeness (QED) is 0.536. The Balaban J connectivity index is 2.81. The van der Waals surface area contributed by atoms with Crippen molar-refractivity contribution in [1.82, 2.24) is 0 Å². The second-order valence-corrected chi connectivity index (χ2v) is 8.90. The molecule has 1 rings (SSSR count). The van der Waals surface area contributed by atoms with E-state index in [0.29, 0.717) is 5.92 Å². The van der Waals surface area contributed by atoms with Gasteiger partial charge in [0.1, 0.15) is 0 Å². The first kappa shape index (κ1) is 13.2. The summed E-state index contributed by atoms with van der Waals surface area (Å²) < 4.78 is 0.